The number of hydrogen-bond acceptors (Lipinski definition) is 5. The number of likely N-dealkylation sites (tertiary alicyclic amines) is 1. The van der Waals surface area contributed by atoms with Crippen molar-refractivity contribution in [2.24, 2.45) is 0 Å². The lowest BCUT2D eigenvalue weighted by molar-refractivity contribution is -0.146. The molecule has 2 N–H and O–H groups in total. The van der Waals surface area contributed by atoms with E-state index in [0.717, 1.165) is 0 Å². The van der Waals surface area contributed by atoms with Crippen molar-refractivity contribution >= 4 is 5.97 Å². The van der Waals surface area contributed by atoms with E-state index in [1.54, 1.807) is 28.2 Å². The van der Waals surface area contributed by atoms with Crippen LogP contribution < -0.4 is 4.74 Å². The first-order valence-corrected chi connectivity index (χ1v) is 8.40. The standard InChI is InChI=1S/C18H22FN3O4/c1-26-15-3-2-13(19)10-14(15)16(17(23)24)22-7-4-18(25,5-8-22)11-21-9-6-20-12-21/h2-3,6,9-10,12,16,25H,4-5,7-8,11H2,1H3,(H,23,24). The van der Waals surface area contributed by atoms with Gasteiger partial charge in [0.25, 0.3) is 0 Å². The number of aromatic nitrogens is 2. The molecule has 0 amide bonds. The van der Waals surface area contributed by atoms with Crippen LogP contribution in [-0.2, 0) is 11.3 Å². The predicted octanol–water partition coefficient (Wildman–Crippen LogP) is 1.68. The van der Waals surface area contributed by atoms with Crippen LogP contribution in [0.25, 0.3) is 0 Å². The van der Waals surface area contributed by atoms with Crippen LogP contribution in [0.4, 0.5) is 4.39 Å². The number of ether oxygens (including phenoxy) is 1. The van der Waals surface area contributed by atoms with E-state index >= 15 is 0 Å². The SMILES string of the molecule is COc1ccc(F)cc1C(C(=O)O)N1CCC(O)(Cn2ccnc2)CC1. The van der Waals surface area contributed by atoms with Gasteiger partial charge < -0.3 is 19.5 Å². The zero-order chi connectivity index (χ0) is 18.7. The Hall–Kier alpha value is -2.45. The molecule has 0 saturated carbocycles. The summed E-state index contributed by atoms with van der Waals surface area (Å²) in [5.41, 5.74) is -0.647. The molecule has 26 heavy (non-hydrogen) atoms. The predicted molar refractivity (Wildman–Crippen MR) is 91.3 cm³/mol. The average molecular weight is 363 g/mol. The summed E-state index contributed by atoms with van der Waals surface area (Å²) in [7, 11) is 1.43. The van der Waals surface area contributed by atoms with E-state index in [1.807, 2.05) is 0 Å². The van der Waals surface area contributed by atoms with Gasteiger partial charge in [-0.2, -0.15) is 0 Å². The summed E-state index contributed by atoms with van der Waals surface area (Å²) in [5.74, 6) is -1.26. The number of piperidine rings is 1. The number of carboxylic acids is 1. The van der Waals surface area contributed by atoms with Crippen LogP contribution in [0.5, 0.6) is 5.75 Å². The van der Waals surface area contributed by atoms with E-state index in [9.17, 15) is 19.4 Å². The molecule has 1 aliphatic heterocycles. The fourth-order valence-electron chi connectivity index (χ4n) is 3.48. The molecular formula is C18H22FN3O4. The third kappa shape index (κ3) is 3.86. The summed E-state index contributed by atoms with van der Waals surface area (Å²) in [6.07, 6.45) is 5.89. The quantitative estimate of drug-likeness (QED) is 0.812. The number of methoxy groups -OCH3 is 1. The average Bonchev–Trinajstić information content (AvgIpc) is 3.09. The highest BCUT2D eigenvalue weighted by Crippen LogP contribution is 2.34. The van der Waals surface area contributed by atoms with Crippen molar-refractivity contribution in [1.29, 1.82) is 0 Å². The molecule has 7 nitrogen and oxygen atoms in total. The molecule has 0 bridgehead atoms. The van der Waals surface area contributed by atoms with Gasteiger partial charge in [0.1, 0.15) is 17.6 Å². The van der Waals surface area contributed by atoms with E-state index in [0.29, 0.717) is 38.2 Å². The highest BCUT2D eigenvalue weighted by Gasteiger charge is 2.38. The Morgan fingerprint density at radius 3 is 2.73 bits per heavy atom. The summed E-state index contributed by atoms with van der Waals surface area (Å²) < 4.78 is 20.7. The Bertz CT molecular complexity index is 758. The van der Waals surface area contributed by atoms with Gasteiger partial charge in [-0.15, -0.1) is 0 Å². The van der Waals surface area contributed by atoms with Crippen LogP contribution in [0.1, 0.15) is 24.4 Å². The number of aliphatic hydroxyl groups is 1. The second-order valence-corrected chi connectivity index (χ2v) is 6.62. The number of benzene rings is 1. The summed E-state index contributed by atoms with van der Waals surface area (Å²) in [5, 5.41) is 20.5. The smallest absolute Gasteiger partial charge is 0.325 e. The first-order chi connectivity index (χ1) is 12.4. The lowest BCUT2D eigenvalue weighted by Crippen LogP contribution is -2.49. The van der Waals surface area contributed by atoms with Crippen molar-refractivity contribution in [2.45, 2.75) is 31.0 Å². The van der Waals surface area contributed by atoms with Gasteiger partial charge in [0.15, 0.2) is 0 Å². The number of imidazole rings is 1. The topological polar surface area (TPSA) is 87.8 Å². The minimum atomic E-state index is -1.08. The van der Waals surface area contributed by atoms with Crippen LogP contribution in [0.15, 0.2) is 36.9 Å². The molecule has 2 heterocycles. The van der Waals surface area contributed by atoms with Crippen LogP contribution in [0.2, 0.25) is 0 Å². The molecule has 1 aromatic heterocycles. The van der Waals surface area contributed by atoms with E-state index in [1.165, 1.54) is 25.3 Å². The third-order valence-corrected chi connectivity index (χ3v) is 4.85. The molecule has 2 aromatic rings. The fourth-order valence-corrected chi connectivity index (χ4v) is 3.48. The highest BCUT2D eigenvalue weighted by atomic mass is 19.1. The van der Waals surface area contributed by atoms with Crippen molar-refractivity contribution in [3.05, 3.63) is 48.3 Å². The first-order valence-electron chi connectivity index (χ1n) is 8.40. The molecule has 140 valence electrons. The van der Waals surface area contributed by atoms with Crippen LogP contribution in [0.3, 0.4) is 0 Å². The molecule has 1 saturated heterocycles. The Kier molecular flexibility index (Phi) is 5.24. The highest BCUT2D eigenvalue weighted by molar-refractivity contribution is 5.76. The molecule has 0 radical (unpaired) electrons. The number of nitrogens with zero attached hydrogens (tertiary/aromatic N) is 3. The minimum absolute atomic E-state index is 0.278. The van der Waals surface area contributed by atoms with Crippen molar-refractivity contribution in [2.75, 3.05) is 20.2 Å². The van der Waals surface area contributed by atoms with Gasteiger partial charge in [0.05, 0.1) is 25.6 Å². The molecule has 3 rings (SSSR count). The zero-order valence-electron chi connectivity index (χ0n) is 14.5. The third-order valence-electron chi connectivity index (χ3n) is 4.85. The minimum Gasteiger partial charge on any atom is -0.496 e. The van der Waals surface area contributed by atoms with Gasteiger partial charge >= 0.3 is 5.97 Å². The van der Waals surface area contributed by atoms with E-state index in [2.05, 4.69) is 4.98 Å². The molecule has 1 fully saturated rings. The molecule has 0 spiro atoms. The summed E-state index contributed by atoms with van der Waals surface area (Å²) in [6.45, 7) is 1.16. The van der Waals surface area contributed by atoms with Gasteiger partial charge in [-0.05, 0) is 31.0 Å². The summed E-state index contributed by atoms with van der Waals surface area (Å²) in [6, 6.07) is 2.84. The second-order valence-electron chi connectivity index (χ2n) is 6.62. The molecule has 1 atom stereocenters. The number of carbonyl (C=O) groups is 1. The monoisotopic (exact) mass is 363 g/mol. The second kappa shape index (κ2) is 7.43. The normalized spacial score (nSPS) is 18.4. The van der Waals surface area contributed by atoms with Crippen LogP contribution in [-0.4, -0.2) is 56.4 Å². The van der Waals surface area contributed by atoms with Gasteiger partial charge in [0, 0.05) is 31.0 Å². The molecule has 0 aliphatic carbocycles. The van der Waals surface area contributed by atoms with Crippen LogP contribution in [0, 0.1) is 5.82 Å². The largest absolute Gasteiger partial charge is 0.496 e. The van der Waals surface area contributed by atoms with E-state index < -0.39 is 23.4 Å². The molecular weight excluding hydrogens is 341 g/mol. The maximum atomic E-state index is 13.7. The van der Waals surface area contributed by atoms with Gasteiger partial charge in [-0.3, -0.25) is 9.69 Å². The lowest BCUT2D eigenvalue weighted by Gasteiger charge is -2.40. The Labute approximate surface area is 150 Å². The molecule has 1 aromatic carbocycles. The lowest BCUT2D eigenvalue weighted by atomic mass is 9.89. The van der Waals surface area contributed by atoms with Crippen molar-refractivity contribution in [1.82, 2.24) is 14.5 Å². The summed E-state index contributed by atoms with van der Waals surface area (Å²) in [4.78, 5) is 17.6. The van der Waals surface area contributed by atoms with E-state index in [-0.39, 0.29) is 5.56 Å². The maximum absolute atomic E-state index is 13.7. The van der Waals surface area contributed by atoms with Crippen molar-refractivity contribution < 1.29 is 24.1 Å². The molecule has 1 unspecified atom stereocenters. The Balaban J connectivity index is 1.77. The summed E-state index contributed by atoms with van der Waals surface area (Å²) >= 11 is 0. The maximum Gasteiger partial charge on any atom is 0.325 e. The first kappa shape index (κ1) is 18.3. The van der Waals surface area contributed by atoms with E-state index in [4.69, 9.17) is 4.74 Å². The Morgan fingerprint density at radius 2 is 2.15 bits per heavy atom. The molecule has 8 heteroatoms. The number of rotatable bonds is 6. The molecule has 1 aliphatic rings. The number of aliphatic carboxylic acids is 1. The number of hydrogen-bond donors (Lipinski definition) is 2. The van der Waals surface area contributed by atoms with Crippen molar-refractivity contribution in [3.8, 4) is 5.75 Å². The zero-order valence-corrected chi connectivity index (χ0v) is 14.5. The van der Waals surface area contributed by atoms with Crippen molar-refractivity contribution in [3.63, 3.8) is 0 Å². The Morgan fingerprint density at radius 1 is 1.42 bits per heavy atom. The van der Waals surface area contributed by atoms with Crippen LogP contribution >= 0.6 is 0 Å². The van der Waals surface area contributed by atoms with Gasteiger partial charge in [-0.1, -0.05) is 0 Å². The fraction of sp³-hybridized carbons (Fsp3) is 0.444. The van der Waals surface area contributed by atoms with Gasteiger partial charge in [0.2, 0.25) is 0 Å². The number of halogens is 1. The number of carboxylic acid groups (broad SMARTS) is 1. The van der Waals surface area contributed by atoms with Gasteiger partial charge in [-0.25, -0.2) is 9.37 Å².